The zero-order valence-corrected chi connectivity index (χ0v) is 23.1. The molecule has 33 heavy (non-hydrogen) atoms. The van der Waals surface area contributed by atoms with E-state index in [-0.39, 0.29) is 0 Å². The molecule has 1 saturated heterocycles. The van der Waals surface area contributed by atoms with Crippen LogP contribution in [0.3, 0.4) is 0 Å². The van der Waals surface area contributed by atoms with E-state index in [4.69, 9.17) is 0 Å². The third-order valence-electron chi connectivity index (χ3n) is 7.64. The number of likely N-dealkylation sites (tertiary alicyclic amines) is 1. The Labute approximate surface area is 208 Å². The molecule has 1 aliphatic heterocycles. The minimum absolute atomic E-state index is 0.392. The maximum atomic E-state index is 12.1. The first-order chi connectivity index (χ1) is 16.2. The van der Waals surface area contributed by atoms with Crippen molar-refractivity contribution in [1.29, 1.82) is 0 Å². The van der Waals surface area contributed by atoms with Crippen LogP contribution in [0.2, 0.25) is 0 Å². The number of amides is 1. The van der Waals surface area contributed by atoms with Crippen LogP contribution in [-0.4, -0.2) is 47.9 Å². The van der Waals surface area contributed by atoms with Gasteiger partial charge in [-0.3, -0.25) is 4.79 Å². The summed E-state index contributed by atoms with van der Waals surface area (Å²) in [6.07, 6.45) is 27.9. The summed E-state index contributed by atoms with van der Waals surface area (Å²) < 4.78 is 0. The van der Waals surface area contributed by atoms with E-state index in [0.717, 1.165) is 25.9 Å². The third-order valence-corrected chi connectivity index (χ3v) is 7.64. The number of hydrogen-bond donors (Lipinski definition) is 0. The van der Waals surface area contributed by atoms with Crippen LogP contribution >= 0.6 is 0 Å². The van der Waals surface area contributed by atoms with E-state index in [1.54, 1.807) is 0 Å². The van der Waals surface area contributed by atoms with Crippen LogP contribution in [0.5, 0.6) is 0 Å². The third kappa shape index (κ3) is 15.9. The van der Waals surface area contributed by atoms with Gasteiger partial charge in [0.1, 0.15) is 0 Å². The monoisotopic (exact) mass is 464 g/mol. The summed E-state index contributed by atoms with van der Waals surface area (Å²) in [5.41, 5.74) is 0. The predicted molar refractivity (Wildman–Crippen MR) is 146 cm³/mol. The lowest BCUT2D eigenvalue weighted by Gasteiger charge is -2.33. The first-order valence-electron chi connectivity index (χ1n) is 15.2. The molecule has 0 N–H and O–H groups in total. The maximum Gasteiger partial charge on any atom is 0.222 e. The molecule has 0 radical (unpaired) electrons. The van der Waals surface area contributed by atoms with Crippen LogP contribution in [0.4, 0.5) is 0 Å². The number of carbonyl (C=O) groups is 1. The van der Waals surface area contributed by atoms with E-state index in [1.165, 1.54) is 135 Å². The molecule has 1 atom stereocenters. The summed E-state index contributed by atoms with van der Waals surface area (Å²) in [6.45, 7) is 11.4. The molecule has 1 rings (SSSR count). The van der Waals surface area contributed by atoms with E-state index in [9.17, 15) is 4.79 Å². The molecule has 196 valence electrons. The van der Waals surface area contributed by atoms with Gasteiger partial charge in [0, 0.05) is 25.6 Å². The number of carbonyl (C=O) groups excluding carboxylic acids is 1. The van der Waals surface area contributed by atoms with Gasteiger partial charge in [-0.15, -0.1) is 0 Å². The van der Waals surface area contributed by atoms with Crippen molar-refractivity contribution < 1.29 is 4.79 Å². The SMILES string of the molecule is CCCCCCCCCCN(CCCCCCCCCC)C(CCC)CCN1CCCC1=O. The highest BCUT2D eigenvalue weighted by molar-refractivity contribution is 5.77. The Kier molecular flexibility index (Phi) is 20.2. The molecule has 0 aliphatic carbocycles. The normalized spacial score (nSPS) is 15.2. The molecule has 1 amide bonds. The zero-order chi connectivity index (χ0) is 24.0. The topological polar surface area (TPSA) is 23.6 Å². The van der Waals surface area contributed by atoms with Gasteiger partial charge in [0.25, 0.3) is 0 Å². The standard InChI is InChI=1S/C30H60N2O/c1-4-7-9-11-13-15-17-19-25-31(26-20-18-16-14-12-10-8-5-2)29(22-6-3)24-28-32-27-21-23-30(32)33/h29H,4-28H2,1-3H3. The van der Waals surface area contributed by atoms with Crippen molar-refractivity contribution in [1.82, 2.24) is 9.80 Å². The quantitative estimate of drug-likeness (QED) is 0.133. The lowest BCUT2D eigenvalue weighted by Crippen LogP contribution is -2.40. The molecule has 0 saturated carbocycles. The lowest BCUT2D eigenvalue weighted by atomic mass is 10.0. The average Bonchev–Trinajstić information content (AvgIpc) is 3.23. The second-order valence-corrected chi connectivity index (χ2v) is 10.7. The number of unbranched alkanes of at least 4 members (excludes halogenated alkanes) is 14. The fourth-order valence-electron chi connectivity index (χ4n) is 5.46. The molecule has 3 nitrogen and oxygen atoms in total. The van der Waals surface area contributed by atoms with Crippen LogP contribution in [0, 0.1) is 0 Å². The molecule has 0 aromatic rings. The van der Waals surface area contributed by atoms with E-state index in [1.807, 2.05) is 0 Å². The first-order valence-corrected chi connectivity index (χ1v) is 15.2. The van der Waals surface area contributed by atoms with Crippen LogP contribution in [0.15, 0.2) is 0 Å². The fourth-order valence-corrected chi connectivity index (χ4v) is 5.46. The van der Waals surface area contributed by atoms with Crippen molar-refractivity contribution in [3.63, 3.8) is 0 Å². The highest BCUT2D eigenvalue weighted by atomic mass is 16.2. The van der Waals surface area contributed by atoms with Gasteiger partial charge >= 0.3 is 0 Å². The Morgan fingerprint density at radius 3 is 1.58 bits per heavy atom. The lowest BCUT2D eigenvalue weighted by molar-refractivity contribution is -0.127. The van der Waals surface area contributed by atoms with E-state index >= 15 is 0 Å². The second-order valence-electron chi connectivity index (χ2n) is 10.7. The molecule has 0 aromatic heterocycles. The predicted octanol–water partition coefficient (Wildman–Crippen LogP) is 8.75. The van der Waals surface area contributed by atoms with Crippen LogP contribution in [-0.2, 0) is 4.79 Å². The number of nitrogens with zero attached hydrogens (tertiary/aromatic N) is 2. The molecular weight excluding hydrogens is 404 g/mol. The van der Waals surface area contributed by atoms with Crippen LogP contribution in [0.1, 0.15) is 156 Å². The van der Waals surface area contributed by atoms with Crippen molar-refractivity contribution in [3.8, 4) is 0 Å². The average molecular weight is 465 g/mol. The molecule has 1 fully saturated rings. The molecule has 1 heterocycles. The Morgan fingerprint density at radius 1 is 0.667 bits per heavy atom. The maximum absolute atomic E-state index is 12.1. The van der Waals surface area contributed by atoms with Gasteiger partial charge in [0.15, 0.2) is 0 Å². The van der Waals surface area contributed by atoms with Gasteiger partial charge in [-0.25, -0.2) is 0 Å². The Bertz CT molecular complexity index is 419. The fraction of sp³-hybridized carbons (Fsp3) is 0.967. The summed E-state index contributed by atoms with van der Waals surface area (Å²) in [7, 11) is 0. The highest BCUT2D eigenvalue weighted by Gasteiger charge is 2.23. The molecular formula is C30H60N2O. The highest BCUT2D eigenvalue weighted by Crippen LogP contribution is 2.19. The van der Waals surface area contributed by atoms with Gasteiger partial charge in [-0.05, 0) is 45.2 Å². The first kappa shape index (κ1) is 30.5. The summed E-state index contributed by atoms with van der Waals surface area (Å²) in [5.74, 6) is 0.392. The van der Waals surface area contributed by atoms with E-state index in [0.29, 0.717) is 11.9 Å². The van der Waals surface area contributed by atoms with Crippen LogP contribution in [0.25, 0.3) is 0 Å². The van der Waals surface area contributed by atoms with Crippen molar-refractivity contribution >= 4 is 5.91 Å². The van der Waals surface area contributed by atoms with Gasteiger partial charge < -0.3 is 9.80 Å². The van der Waals surface area contributed by atoms with Crippen LogP contribution < -0.4 is 0 Å². The van der Waals surface area contributed by atoms with Gasteiger partial charge in [-0.2, -0.15) is 0 Å². The summed E-state index contributed by atoms with van der Waals surface area (Å²) >= 11 is 0. The van der Waals surface area contributed by atoms with Crippen molar-refractivity contribution in [2.75, 3.05) is 26.2 Å². The Hall–Kier alpha value is -0.570. The smallest absolute Gasteiger partial charge is 0.222 e. The Morgan fingerprint density at radius 2 is 1.15 bits per heavy atom. The molecule has 1 aliphatic rings. The minimum Gasteiger partial charge on any atom is -0.343 e. The van der Waals surface area contributed by atoms with Gasteiger partial charge in [0.2, 0.25) is 5.91 Å². The summed E-state index contributed by atoms with van der Waals surface area (Å²) in [5, 5.41) is 0. The number of hydrogen-bond acceptors (Lipinski definition) is 2. The molecule has 0 bridgehead atoms. The van der Waals surface area contributed by atoms with Crippen molar-refractivity contribution in [3.05, 3.63) is 0 Å². The molecule has 0 aromatic carbocycles. The van der Waals surface area contributed by atoms with Gasteiger partial charge in [0.05, 0.1) is 0 Å². The largest absolute Gasteiger partial charge is 0.343 e. The molecule has 1 unspecified atom stereocenters. The Balaban J connectivity index is 2.40. The van der Waals surface area contributed by atoms with Crippen molar-refractivity contribution in [2.24, 2.45) is 0 Å². The molecule has 0 spiro atoms. The molecule has 3 heteroatoms. The minimum atomic E-state index is 0.392. The van der Waals surface area contributed by atoms with Gasteiger partial charge in [-0.1, -0.05) is 117 Å². The number of rotatable bonds is 24. The summed E-state index contributed by atoms with van der Waals surface area (Å²) in [6, 6.07) is 0.664. The van der Waals surface area contributed by atoms with E-state index in [2.05, 4.69) is 30.6 Å². The zero-order valence-electron chi connectivity index (χ0n) is 23.1. The summed E-state index contributed by atoms with van der Waals surface area (Å²) in [4.78, 5) is 17.1. The van der Waals surface area contributed by atoms with Crippen molar-refractivity contribution in [2.45, 2.75) is 162 Å². The second kappa shape index (κ2) is 21.9. The van der Waals surface area contributed by atoms with E-state index < -0.39 is 0 Å².